The summed E-state index contributed by atoms with van der Waals surface area (Å²) in [5, 5.41) is 10.8. The molecule has 0 aliphatic carbocycles. The fraction of sp³-hybridized carbons (Fsp3) is 0.292. The first-order valence-corrected chi connectivity index (χ1v) is 9.68. The van der Waals surface area contributed by atoms with Crippen molar-refractivity contribution in [1.29, 1.82) is 5.26 Å². The van der Waals surface area contributed by atoms with E-state index in [0.717, 1.165) is 16.5 Å². The fourth-order valence-corrected chi connectivity index (χ4v) is 3.37. The summed E-state index contributed by atoms with van der Waals surface area (Å²) in [6.45, 7) is 5.59. The maximum Gasteiger partial charge on any atom is 0.251 e. The monoisotopic (exact) mass is 388 g/mol. The van der Waals surface area contributed by atoms with Gasteiger partial charge in [-0.2, -0.15) is 5.26 Å². The van der Waals surface area contributed by atoms with Gasteiger partial charge in [0.15, 0.2) is 5.78 Å². The third-order valence-electron chi connectivity index (χ3n) is 5.31. The van der Waals surface area contributed by atoms with E-state index in [4.69, 9.17) is 4.74 Å². The van der Waals surface area contributed by atoms with Gasteiger partial charge in [0.05, 0.1) is 23.7 Å². The third kappa shape index (κ3) is 4.22. The van der Waals surface area contributed by atoms with Gasteiger partial charge < -0.3 is 9.72 Å². The highest BCUT2D eigenvalue weighted by molar-refractivity contribution is 5.96. The number of hydrogen-bond acceptors (Lipinski definition) is 4. The van der Waals surface area contributed by atoms with Crippen LogP contribution in [0.25, 0.3) is 10.9 Å². The average Bonchev–Trinajstić information content (AvgIpc) is 2.72. The number of ether oxygens (including phenoxy) is 1. The highest BCUT2D eigenvalue weighted by Gasteiger charge is 2.27. The molecule has 3 aromatic rings. The van der Waals surface area contributed by atoms with Crippen molar-refractivity contribution in [1.82, 2.24) is 4.98 Å². The molecule has 1 atom stereocenters. The molecular formula is C24H24N2O3. The SMILES string of the molecule is CCc1cc2ccc(C(C)(C#N)CCOc3ccccc3C(C)=O)cc2[nH]c1=O. The Labute approximate surface area is 170 Å². The zero-order valence-corrected chi connectivity index (χ0v) is 16.9. The van der Waals surface area contributed by atoms with Crippen molar-refractivity contribution < 1.29 is 9.53 Å². The Hall–Kier alpha value is -3.39. The second-order valence-electron chi connectivity index (χ2n) is 7.37. The first kappa shape index (κ1) is 20.3. The molecule has 5 nitrogen and oxygen atoms in total. The Balaban J connectivity index is 1.83. The Bertz CT molecular complexity index is 1160. The minimum absolute atomic E-state index is 0.0615. The summed E-state index contributed by atoms with van der Waals surface area (Å²) in [6, 6.07) is 17.1. The first-order chi connectivity index (χ1) is 13.9. The van der Waals surface area contributed by atoms with Crippen molar-refractivity contribution in [3.63, 3.8) is 0 Å². The van der Waals surface area contributed by atoms with Gasteiger partial charge in [-0.1, -0.05) is 31.2 Å². The van der Waals surface area contributed by atoms with Gasteiger partial charge in [-0.15, -0.1) is 0 Å². The zero-order chi connectivity index (χ0) is 21.0. The molecule has 0 radical (unpaired) electrons. The number of pyridine rings is 1. The average molecular weight is 388 g/mol. The van der Waals surface area contributed by atoms with Gasteiger partial charge in [0.1, 0.15) is 5.75 Å². The molecule has 0 bridgehead atoms. The van der Waals surface area contributed by atoms with E-state index < -0.39 is 5.41 Å². The van der Waals surface area contributed by atoms with Crippen LogP contribution in [0.5, 0.6) is 5.75 Å². The van der Waals surface area contributed by atoms with E-state index in [1.54, 1.807) is 18.2 Å². The topological polar surface area (TPSA) is 82.9 Å². The number of aromatic amines is 1. The van der Waals surface area contributed by atoms with E-state index >= 15 is 0 Å². The van der Waals surface area contributed by atoms with Crippen LogP contribution in [0.2, 0.25) is 0 Å². The predicted octanol–water partition coefficient (Wildman–Crippen LogP) is 4.54. The van der Waals surface area contributed by atoms with E-state index in [1.165, 1.54) is 6.92 Å². The second-order valence-corrected chi connectivity index (χ2v) is 7.37. The van der Waals surface area contributed by atoms with Crippen LogP contribution < -0.4 is 10.3 Å². The molecule has 148 valence electrons. The van der Waals surface area contributed by atoms with Crippen molar-refractivity contribution >= 4 is 16.7 Å². The molecule has 1 unspecified atom stereocenters. The Kier molecular flexibility index (Phi) is 5.84. The molecule has 5 heteroatoms. The van der Waals surface area contributed by atoms with Crippen LogP contribution >= 0.6 is 0 Å². The number of H-pyrrole nitrogens is 1. The molecule has 0 amide bonds. The lowest BCUT2D eigenvalue weighted by Gasteiger charge is -2.23. The lowest BCUT2D eigenvalue weighted by Crippen LogP contribution is -2.23. The van der Waals surface area contributed by atoms with E-state index in [9.17, 15) is 14.9 Å². The number of rotatable bonds is 7. The van der Waals surface area contributed by atoms with Crippen molar-refractivity contribution in [3.05, 3.63) is 75.6 Å². The summed E-state index contributed by atoms with van der Waals surface area (Å²) in [5.41, 5.74) is 1.91. The number of nitrogens with one attached hydrogen (secondary N) is 1. The highest BCUT2D eigenvalue weighted by atomic mass is 16.5. The van der Waals surface area contributed by atoms with Gasteiger partial charge in [0.2, 0.25) is 0 Å². The molecule has 0 saturated heterocycles. The molecule has 1 aromatic heterocycles. The number of aromatic nitrogens is 1. The number of carbonyl (C=O) groups excluding carboxylic acids is 1. The maximum absolute atomic E-state index is 12.1. The predicted molar refractivity (Wildman–Crippen MR) is 113 cm³/mol. The smallest absolute Gasteiger partial charge is 0.251 e. The van der Waals surface area contributed by atoms with Gasteiger partial charge in [0.25, 0.3) is 5.56 Å². The molecule has 0 saturated carbocycles. The molecule has 1 heterocycles. The number of ketones is 1. The number of nitriles is 1. The van der Waals surface area contributed by atoms with Crippen LogP contribution in [0.15, 0.2) is 53.3 Å². The van der Waals surface area contributed by atoms with Crippen LogP contribution in [0.4, 0.5) is 0 Å². The lowest BCUT2D eigenvalue weighted by molar-refractivity contribution is 0.101. The molecule has 3 rings (SSSR count). The van der Waals surface area contributed by atoms with Gasteiger partial charge >= 0.3 is 0 Å². The largest absolute Gasteiger partial charge is 0.493 e. The number of hydrogen-bond donors (Lipinski definition) is 1. The maximum atomic E-state index is 12.1. The van der Waals surface area contributed by atoms with Gasteiger partial charge in [-0.05, 0) is 55.5 Å². The summed E-state index contributed by atoms with van der Waals surface area (Å²) in [4.78, 5) is 26.8. The van der Waals surface area contributed by atoms with Crippen molar-refractivity contribution in [3.8, 4) is 11.8 Å². The van der Waals surface area contributed by atoms with E-state index in [2.05, 4.69) is 11.1 Å². The van der Waals surface area contributed by atoms with E-state index in [-0.39, 0.29) is 17.9 Å². The highest BCUT2D eigenvalue weighted by Crippen LogP contribution is 2.30. The van der Waals surface area contributed by atoms with Crippen molar-refractivity contribution in [2.24, 2.45) is 0 Å². The summed E-state index contributed by atoms with van der Waals surface area (Å²) in [5.74, 6) is 0.462. The van der Waals surface area contributed by atoms with Crippen LogP contribution in [0.1, 0.15) is 48.7 Å². The molecule has 29 heavy (non-hydrogen) atoms. The Morgan fingerprint density at radius 2 is 1.97 bits per heavy atom. The number of fused-ring (bicyclic) bond motifs is 1. The van der Waals surface area contributed by atoms with Gasteiger partial charge in [0, 0.05) is 17.5 Å². The van der Waals surface area contributed by atoms with Crippen LogP contribution in [-0.2, 0) is 11.8 Å². The molecule has 0 spiro atoms. The molecule has 0 aliphatic rings. The Morgan fingerprint density at radius 3 is 2.66 bits per heavy atom. The lowest BCUT2D eigenvalue weighted by atomic mass is 9.81. The minimum atomic E-state index is -0.792. The quantitative estimate of drug-likeness (QED) is 0.602. The van der Waals surface area contributed by atoms with Crippen LogP contribution in [-0.4, -0.2) is 17.4 Å². The fourth-order valence-electron chi connectivity index (χ4n) is 3.37. The molecule has 0 fully saturated rings. The summed E-state index contributed by atoms with van der Waals surface area (Å²) in [6.07, 6.45) is 1.11. The number of aryl methyl sites for hydroxylation is 1. The van der Waals surface area contributed by atoms with Crippen molar-refractivity contribution in [2.45, 2.75) is 39.0 Å². The van der Waals surface area contributed by atoms with Crippen LogP contribution in [0.3, 0.4) is 0 Å². The van der Waals surface area contributed by atoms with Crippen LogP contribution in [0, 0.1) is 11.3 Å². The summed E-state index contributed by atoms with van der Waals surface area (Å²) < 4.78 is 5.82. The van der Waals surface area contributed by atoms with E-state index in [1.807, 2.05) is 44.2 Å². The van der Waals surface area contributed by atoms with E-state index in [0.29, 0.717) is 29.7 Å². The molecule has 0 aliphatic heterocycles. The molecule has 2 aromatic carbocycles. The summed E-state index contributed by atoms with van der Waals surface area (Å²) in [7, 11) is 0. The zero-order valence-electron chi connectivity index (χ0n) is 16.9. The minimum Gasteiger partial charge on any atom is -0.493 e. The molecule has 1 N–H and O–H groups in total. The number of Topliss-reactive ketones (excluding diaryl/α,β-unsaturated/α-hetero) is 1. The number of para-hydroxylation sites is 1. The number of benzene rings is 2. The Morgan fingerprint density at radius 1 is 1.21 bits per heavy atom. The van der Waals surface area contributed by atoms with Gasteiger partial charge in [-0.3, -0.25) is 9.59 Å². The summed E-state index contributed by atoms with van der Waals surface area (Å²) >= 11 is 0. The second kappa shape index (κ2) is 8.32. The number of carbonyl (C=O) groups is 1. The number of nitrogens with zero attached hydrogens (tertiary/aromatic N) is 1. The standard InChI is InChI=1S/C24H24N2O3/c1-4-17-13-18-9-10-19(14-21(18)26-23(17)28)24(3,15-25)11-12-29-22-8-6-5-7-20(22)16(2)27/h5-10,13-14H,4,11-12H2,1-3H3,(H,26,28). The van der Waals surface area contributed by atoms with Gasteiger partial charge in [-0.25, -0.2) is 0 Å². The van der Waals surface area contributed by atoms with Crippen molar-refractivity contribution in [2.75, 3.05) is 6.61 Å². The first-order valence-electron chi connectivity index (χ1n) is 9.68. The third-order valence-corrected chi connectivity index (χ3v) is 5.31. The normalized spacial score (nSPS) is 12.9. The molecular weight excluding hydrogens is 364 g/mol.